The van der Waals surface area contributed by atoms with Gasteiger partial charge in [0.25, 0.3) is 11.8 Å². The number of carboxylic acid groups (broad SMARTS) is 1. The number of likely N-dealkylation sites (tertiary alicyclic amines) is 2. The highest BCUT2D eigenvalue weighted by Gasteiger charge is 2.49. The van der Waals surface area contributed by atoms with E-state index in [1.165, 1.54) is 18.4 Å². The molecule has 0 bridgehead atoms. The van der Waals surface area contributed by atoms with Crippen LogP contribution in [0.1, 0.15) is 66.6 Å². The summed E-state index contributed by atoms with van der Waals surface area (Å²) in [6.07, 6.45) is 4.02. The molecule has 3 atom stereocenters. The number of carboxylic acids is 1. The number of carbonyl (C=O) groups excluding carboxylic acids is 1. The van der Waals surface area contributed by atoms with Crippen molar-refractivity contribution in [3.8, 4) is 0 Å². The number of benzene rings is 1. The Morgan fingerprint density at radius 2 is 1.79 bits per heavy atom. The molecule has 0 unspecified atom stereocenters. The standard InChI is InChI=1S/C36H49F2N9O2.C2HF3O2/c1-39-27-20-32(43-47-29(21-41-33(27)47)34(48)42-26-6-7-30(26)49-2)46-17-8-25-24(4-3-5-28(25)46)22-44-16-9-31(36(37,38)23-44)45-18-12-35(13-19-45)10-14-40-15-11-35;3-2(4,5)1(6)7/h3-5,20-21,26,30-31,39-40H,6-19,22-23H2,1-2H3,(H,42,48);(H,6,7)/t26-,30-,31+;/m1./s1. The van der Waals surface area contributed by atoms with Gasteiger partial charge in [-0.15, -0.1) is 5.10 Å². The number of hydrogen-bond donors (Lipinski definition) is 4. The lowest BCUT2D eigenvalue weighted by Crippen LogP contribution is -2.60. The molecule has 306 valence electrons. The summed E-state index contributed by atoms with van der Waals surface area (Å²) < 4.78 is 70.5. The van der Waals surface area contributed by atoms with Crippen LogP contribution in [0.15, 0.2) is 30.5 Å². The first-order valence-corrected chi connectivity index (χ1v) is 19.4. The number of rotatable bonds is 8. The van der Waals surface area contributed by atoms with Crippen molar-refractivity contribution in [1.82, 2.24) is 35.0 Å². The number of fused-ring (bicyclic) bond motifs is 2. The zero-order valence-electron chi connectivity index (χ0n) is 31.7. The summed E-state index contributed by atoms with van der Waals surface area (Å²) >= 11 is 0. The van der Waals surface area contributed by atoms with E-state index >= 15 is 8.78 Å². The summed E-state index contributed by atoms with van der Waals surface area (Å²) in [5.74, 6) is -5.05. The number of methoxy groups -OCH3 is 1. The molecule has 18 heteroatoms. The fourth-order valence-corrected chi connectivity index (χ4v) is 9.07. The Kier molecular flexibility index (Phi) is 11.5. The maximum atomic E-state index is 15.8. The first-order valence-electron chi connectivity index (χ1n) is 19.4. The number of anilines is 3. The van der Waals surface area contributed by atoms with E-state index in [0.29, 0.717) is 48.6 Å². The smallest absolute Gasteiger partial charge is 0.475 e. The molecule has 6 heterocycles. The number of carbonyl (C=O) groups is 2. The highest BCUT2D eigenvalue weighted by Crippen LogP contribution is 2.43. The van der Waals surface area contributed by atoms with Crippen molar-refractivity contribution in [2.75, 3.05) is 70.2 Å². The van der Waals surface area contributed by atoms with Crippen molar-refractivity contribution >= 4 is 34.7 Å². The zero-order valence-corrected chi connectivity index (χ0v) is 31.7. The lowest BCUT2D eigenvalue weighted by Gasteiger charge is -2.50. The second-order valence-corrected chi connectivity index (χ2v) is 15.7. The first-order chi connectivity index (χ1) is 26.7. The van der Waals surface area contributed by atoms with E-state index < -0.39 is 24.1 Å². The largest absolute Gasteiger partial charge is 0.490 e. The number of ether oxygens (including phenoxy) is 1. The highest BCUT2D eigenvalue weighted by molar-refractivity contribution is 5.94. The molecule has 4 N–H and O–H groups in total. The molecular weight excluding hydrogens is 741 g/mol. The third-order valence-electron chi connectivity index (χ3n) is 12.4. The fraction of sp³-hybridized carbons (Fsp3) is 0.632. The van der Waals surface area contributed by atoms with Crippen LogP contribution in [0.5, 0.6) is 0 Å². The first kappa shape index (κ1) is 40.1. The Morgan fingerprint density at radius 3 is 2.41 bits per heavy atom. The van der Waals surface area contributed by atoms with Gasteiger partial charge in [0.05, 0.1) is 36.6 Å². The van der Waals surface area contributed by atoms with Gasteiger partial charge < -0.3 is 30.7 Å². The van der Waals surface area contributed by atoms with Gasteiger partial charge in [-0.1, -0.05) is 12.1 Å². The average Bonchev–Trinajstić information content (AvgIpc) is 3.79. The van der Waals surface area contributed by atoms with Gasteiger partial charge in [0.1, 0.15) is 0 Å². The average molecular weight is 792 g/mol. The van der Waals surface area contributed by atoms with E-state index in [1.54, 1.807) is 17.8 Å². The molecule has 4 aliphatic heterocycles. The molecule has 8 rings (SSSR count). The van der Waals surface area contributed by atoms with E-state index in [9.17, 15) is 18.0 Å². The minimum absolute atomic E-state index is 0.0223. The molecule has 5 aliphatic rings. The third-order valence-corrected chi connectivity index (χ3v) is 12.4. The van der Waals surface area contributed by atoms with Crippen molar-refractivity contribution in [2.45, 2.75) is 88.2 Å². The summed E-state index contributed by atoms with van der Waals surface area (Å²) in [7, 11) is 3.50. The third kappa shape index (κ3) is 8.15. The van der Waals surface area contributed by atoms with Gasteiger partial charge in [-0.05, 0) is 100 Å². The zero-order chi connectivity index (χ0) is 39.8. The van der Waals surface area contributed by atoms with Crippen LogP contribution in [0, 0.1) is 5.41 Å². The second kappa shape index (κ2) is 16.0. The van der Waals surface area contributed by atoms with Gasteiger partial charge >= 0.3 is 12.1 Å². The van der Waals surface area contributed by atoms with Gasteiger partial charge in [-0.25, -0.2) is 23.1 Å². The van der Waals surface area contributed by atoms with Gasteiger partial charge in [0, 0.05) is 45.5 Å². The molecule has 2 aromatic heterocycles. The van der Waals surface area contributed by atoms with Gasteiger partial charge in [-0.2, -0.15) is 13.2 Å². The monoisotopic (exact) mass is 791 g/mol. The minimum atomic E-state index is -5.08. The van der Waals surface area contributed by atoms with Crippen LogP contribution in [0.2, 0.25) is 0 Å². The van der Waals surface area contributed by atoms with E-state index in [4.69, 9.17) is 19.7 Å². The quantitative estimate of drug-likeness (QED) is 0.237. The molecule has 1 amide bonds. The number of alkyl halides is 5. The van der Waals surface area contributed by atoms with E-state index in [0.717, 1.165) is 75.2 Å². The molecule has 4 fully saturated rings. The fourth-order valence-electron chi connectivity index (χ4n) is 9.07. The van der Waals surface area contributed by atoms with Crippen molar-refractivity contribution < 1.29 is 41.4 Å². The summed E-state index contributed by atoms with van der Waals surface area (Å²) in [6, 6.07) is 7.43. The Hall–Kier alpha value is -4.13. The number of hydrogen-bond acceptors (Lipinski definition) is 10. The molecule has 3 aromatic rings. The predicted octanol–water partition coefficient (Wildman–Crippen LogP) is 4.68. The van der Waals surface area contributed by atoms with Crippen LogP contribution in [0.25, 0.3) is 5.65 Å². The van der Waals surface area contributed by atoms with Crippen LogP contribution in [-0.2, 0) is 22.5 Å². The van der Waals surface area contributed by atoms with E-state index in [-0.39, 0.29) is 24.6 Å². The second-order valence-electron chi connectivity index (χ2n) is 15.7. The normalized spacial score (nSPS) is 24.9. The molecule has 1 spiro atoms. The van der Waals surface area contributed by atoms with Crippen LogP contribution < -0.4 is 20.9 Å². The number of nitrogens with one attached hydrogen (secondary N) is 3. The molecule has 56 heavy (non-hydrogen) atoms. The minimum Gasteiger partial charge on any atom is -0.475 e. The molecule has 3 saturated heterocycles. The predicted molar refractivity (Wildman–Crippen MR) is 199 cm³/mol. The molecule has 13 nitrogen and oxygen atoms in total. The van der Waals surface area contributed by atoms with Crippen molar-refractivity contribution in [3.63, 3.8) is 0 Å². The van der Waals surface area contributed by atoms with E-state index in [2.05, 4.69) is 42.9 Å². The molecule has 1 aromatic carbocycles. The Balaban J connectivity index is 0.000000629. The number of aliphatic carboxylic acids is 1. The van der Waals surface area contributed by atoms with Gasteiger partial charge in [0.15, 0.2) is 17.2 Å². The lowest BCUT2D eigenvalue weighted by atomic mass is 9.71. The topological polar surface area (TPSA) is 140 Å². The number of aromatic nitrogens is 3. The number of halogens is 5. The lowest BCUT2D eigenvalue weighted by molar-refractivity contribution is -0.192. The molecule has 1 aliphatic carbocycles. The van der Waals surface area contributed by atoms with Crippen LogP contribution in [-0.4, -0.2) is 132 Å². The number of amides is 1. The van der Waals surface area contributed by atoms with Crippen LogP contribution in [0.4, 0.5) is 39.1 Å². The maximum Gasteiger partial charge on any atom is 0.490 e. The molecule has 1 saturated carbocycles. The van der Waals surface area contributed by atoms with Crippen LogP contribution >= 0.6 is 0 Å². The van der Waals surface area contributed by atoms with E-state index in [1.807, 2.05) is 24.1 Å². The summed E-state index contributed by atoms with van der Waals surface area (Å²) in [4.78, 5) is 32.9. The number of nitrogens with zero attached hydrogens (tertiary/aromatic N) is 6. The molecule has 0 radical (unpaired) electrons. The van der Waals surface area contributed by atoms with Gasteiger partial charge in [-0.3, -0.25) is 14.6 Å². The number of imidazole rings is 1. The Morgan fingerprint density at radius 1 is 1.05 bits per heavy atom. The SMILES string of the molecule is CNc1cc(N2CCc3c(CN4CC[C@H](N5CCC6(CCNCC6)CC5)C(F)(F)C4)cccc32)nn2c(C(=O)N[C@@H]3CC[C@H]3OC)cnc12.O=C(O)C(F)(F)F. The maximum absolute atomic E-state index is 15.8. The highest BCUT2D eigenvalue weighted by atomic mass is 19.4. The summed E-state index contributed by atoms with van der Waals surface area (Å²) in [6.45, 7) is 5.34. The van der Waals surface area contributed by atoms with Gasteiger partial charge in [0.2, 0.25) is 0 Å². The van der Waals surface area contributed by atoms with Crippen molar-refractivity contribution in [3.05, 3.63) is 47.3 Å². The summed E-state index contributed by atoms with van der Waals surface area (Å²) in [5, 5.41) is 21.8. The molecular formula is C38H50F5N9O4. The Bertz CT molecular complexity index is 1890. The Labute approximate surface area is 321 Å². The summed E-state index contributed by atoms with van der Waals surface area (Å²) in [5.41, 5.74) is 5.33. The van der Waals surface area contributed by atoms with Crippen LogP contribution in [0.3, 0.4) is 0 Å². The van der Waals surface area contributed by atoms with Crippen molar-refractivity contribution in [1.29, 1.82) is 0 Å². The number of piperidine rings is 3. The van der Waals surface area contributed by atoms with Crippen molar-refractivity contribution in [2.24, 2.45) is 5.41 Å².